The molecule has 0 aliphatic rings. The molecule has 5 aromatic rings. The second-order valence-electron chi connectivity index (χ2n) is 8.07. The highest BCUT2D eigenvalue weighted by Crippen LogP contribution is 2.26. The van der Waals surface area contributed by atoms with Crippen LogP contribution in [0.3, 0.4) is 0 Å². The summed E-state index contributed by atoms with van der Waals surface area (Å²) in [4.78, 5) is 24.0. The Hall–Kier alpha value is -4.39. The van der Waals surface area contributed by atoms with E-state index >= 15 is 0 Å². The van der Waals surface area contributed by atoms with Crippen LogP contribution < -0.4 is 0 Å². The monoisotopic (exact) mass is 451 g/mol. The molecule has 2 aromatic carbocycles. The van der Waals surface area contributed by atoms with Gasteiger partial charge in [-0.25, -0.2) is 14.1 Å². The Morgan fingerprint density at radius 2 is 1.74 bits per heavy atom. The van der Waals surface area contributed by atoms with Crippen molar-refractivity contribution in [2.45, 2.75) is 13.1 Å². The van der Waals surface area contributed by atoms with E-state index in [1.54, 1.807) is 54.6 Å². The summed E-state index contributed by atoms with van der Waals surface area (Å²) in [7, 11) is 1.67. The molecule has 0 radical (unpaired) electrons. The molecule has 0 atom stereocenters. The zero-order chi connectivity index (χ0) is 23.5. The largest absolute Gasteiger partial charge is 0.337 e. The molecule has 0 unspecified atom stereocenters. The van der Waals surface area contributed by atoms with Gasteiger partial charge >= 0.3 is 0 Å². The molecule has 0 aliphatic heterocycles. The van der Waals surface area contributed by atoms with Gasteiger partial charge in [-0.2, -0.15) is 5.10 Å². The number of rotatable bonds is 6. The molecule has 3 heterocycles. The number of pyridine rings is 2. The zero-order valence-corrected chi connectivity index (χ0v) is 18.6. The van der Waals surface area contributed by atoms with E-state index in [4.69, 9.17) is 4.98 Å². The number of fused-ring (bicyclic) bond motifs is 1. The zero-order valence-electron chi connectivity index (χ0n) is 18.6. The van der Waals surface area contributed by atoms with Crippen molar-refractivity contribution in [1.82, 2.24) is 24.6 Å². The molecular weight excluding hydrogens is 429 g/mol. The van der Waals surface area contributed by atoms with Gasteiger partial charge in [0.25, 0.3) is 5.91 Å². The molecule has 3 aromatic heterocycles. The molecule has 0 aliphatic carbocycles. The van der Waals surface area contributed by atoms with Gasteiger partial charge < -0.3 is 4.90 Å². The highest BCUT2D eigenvalue weighted by atomic mass is 19.1. The van der Waals surface area contributed by atoms with Crippen LogP contribution in [0.4, 0.5) is 4.39 Å². The minimum Gasteiger partial charge on any atom is -0.337 e. The van der Waals surface area contributed by atoms with Crippen LogP contribution in [0.2, 0.25) is 0 Å². The summed E-state index contributed by atoms with van der Waals surface area (Å²) in [6, 6.07) is 21.8. The number of amides is 1. The molecule has 5 rings (SSSR count). The quantitative estimate of drug-likeness (QED) is 0.366. The Kier molecular flexibility index (Phi) is 5.82. The lowest BCUT2D eigenvalue weighted by atomic mass is 10.1. The fourth-order valence-electron chi connectivity index (χ4n) is 3.92. The molecule has 168 valence electrons. The fourth-order valence-corrected chi connectivity index (χ4v) is 3.92. The molecule has 6 nitrogen and oxygen atoms in total. The third-order valence-electron chi connectivity index (χ3n) is 5.70. The van der Waals surface area contributed by atoms with Crippen LogP contribution in [0.1, 0.15) is 21.5 Å². The topological polar surface area (TPSA) is 63.9 Å². The van der Waals surface area contributed by atoms with E-state index in [-0.39, 0.29) is 18.3 Å². The lowest BCUT2D eigenvalue weighted by Gasteiger charge is -2.19. The number of carbonyl (C=O) groups excluding carboxylic acids is 1. The summed E-state index contributed by atoms with van der Waals surface area (Å²) in [5.74, 6) is -0.562. The third kappa shape index (κ3) is 4.28. The molecular formula is C27H22FN5O. The maximum Gasteiger partial charge on any atom is 0.254 e. The van der Waals surface area contributed by atoms with E-state index in [2.05, 4.69) is 10.1 Å². The van der Waals surface area contributed by atoms with E-state index < -0.39 is 0 Å². The van der Waals surface area contributed by atoms with Crippen molar-refractivity contribution < 1.29 is 9.18 Å². The lowest BCUT2D eigenvalue weighted by molar-refractivity contribution is 0.0786. The average molecular weight is 452 g/mol. The van der Waals surface area contributed by atoms with Crippen molar-refractivity contribution in [2.75, 3.05) is 7.05 Å². The van der Waals surface area contributed by atoms with Crippen molar-refractivity contribution in [2.24, 2.45) is 0 Å². The summed E-state index contributed by atoms with van der Waals surface area (Å²) in [5, 5.41) is 5.18. The second-order valence-corrected chi connectivity index (χ2v) is 8.07. The van der Waals surface area contributed by atoms with Crippen molar-refractivity contribution in [1.29, 1.82) is 0 Å². The van der Waals surface area contributed by atoms with Gasteiger partial charge in [0.2, 0.25) is 0 Å². The standard InChI is InChI=1S/C27H22FN5O/c1-32(18-21-9-5-6-10-24(21)28)27(34)22-15-25(20-7-3-2-4-8-20)31-26-23(22)16-30-33(26)17-19-11-13-29-14-12-19/h2-16H,17-18H2,1H3. The van der Waals surface area contributed by atoms with Crippen LogP contribution in [-0.2, 0) is 13.1 Å². The van der Waals surface area contributed by atoms with Gasteiger partial charge in [0, 0.05) is 37.1 Å². The first-order chi connectivity index (χ1) is 16.6. The molecule has 7 heteroatoms. The van der Waals surface area contributed by atoms with Crippen LogP contribution in [0.25, 0.3) is 22.3 Å². The smallest absolute Gasteiger partial charge is 0.254 e. The van der Waals surface area contributed by atoms with Crippen molar-refractivity contribution in [3.8, 4) is 11.3 Å². The summed E-state index contributed by atoms with van der Waals surface area (Å²) >= 11 is 0. The summed E-state index contributed by atoms with van der Waals surface area (Å²) in [5.41, 5.74) is 4.14. The highest BCUT2D eigenvalue weighted by molar-refractivity contribution is 6.06. The lowest BCUT2D eigenvalue weighted by Crippen LogP contribution is -2.27. The molecule has 1 amide bonds. The maximum atomic E-state index is 14.2. The maximum absolute atomic E-state index is 14.2. The second kappa shape index (κ2) is 9.23. The van der Waals surface area contributed by atoms with Crippen LogP contribution in [-0.4, -0.2) is 37.6 Å². The molecule has 0 N–H and O–H groups in total. The van der Waals surface area contributed by atoms with Gasteiger partial charge in [0.15, 0.2) is 5.65 Å². The van der Waals surface area contributed by atoms with Gasteiger partial charge in [-0.3, -0.25) is 9.78 Å². The number of aromatic nitrogens is 4. The first kappa shape index (κ1) is 21.5. The SMILES string of the molecule is CN(Cc1ccccc1F)C(=O)c1cc(-c2ccccc2)nc2c1cnn2Cc1ccncc1. The predicted molar refractivity (Wildman–Crippen MR) is 129 cm³/mol. The summed E-state index contributed by atoms with van der Waals surface area (Å²) in [6.45, 7) is 0.650. The Morgan fingerprint density at radius 3 is 2.50 bits per heavy atom. The van der Waals surface area contributed by atoms with E-state index in [0.717, 1.165) is 11.1 Å². The average Bonchev–Trinajstić information content (AvgIpc) is 3.28. The summed E-state index contributed by atoms with van der Waals surface area (Å²) < 4.78 is 16.0. The number of halogens is 1. The minimum atomic E-state index is -0.336. The van der Waals surface area contributed by atoms with E-state index in [9.17, 15) is 9.18 Å². The van der Waals surface area contributed by atoms with Gasteiger partial charge in [-0.1, -0.05) is 48.5 Å². The van der Waals surface area contributed by atoms with Crippen molar-refractivity contribution in [3.05, 3.63) is 114 Å². The van der Waals surface area contributed by atoms with Crippen LogP contribution in [0, 0.1) is 5.82 Å². The van der Waals surface area contributed by atoms with E-state index in [0.29, 0.717) is 34.4 Å². The fraction of sp³-hybridized carbons (Fsp3) is 0.111. The van der Waals surface area contributed by atoms with Gasteiger partial charge in [-0.15, -0.1) is 0 Å². The summed E-state index contributed by atoms with van der Waals surface area (Å²) in [6.07, 6.45) is 5.13. The third-order valence-corrected chi connectivity index (χ3v) is 5.70. The predicted octanol–water partition coefficient (Wildman–Crippen LogP) is 4.95. The van der Waals surface area contributed by atoms with Crippen LogP contribution in [0.15, 0.2) is 91.4 Å². The van der Waals surface area contributed by atoms with Gasteiger partial charge in [0.1, 0.15) is 5.82 Å². The van der Waals surface area contributed by atoms with Crippen molar-refractivity contribution in [3.63, 3.8) is 0 Å². The van der Waals surface area contributed by atoms with Crippen LogP contribution >= 0.6 is 0 Å². The van der Waals surface area contributed by atoms with Gasteiger partial charge in [0.05, 0.1) is 29.4 Å². The van der Waals surface area contributed by atoms with Crippen LogP contribution in [0.5, 0.6) is 0 Å². The number of nitrogens with zero attached hydrogens (tertiary/aromatic N) is 5. The number of hydrogen-bond donors (Lipinski definition) is 0. The first-order valence-electron chi connectivity index (χ1n) is 10.9. The molecule has 0 spiro atoms. The molecule has 0 saturated heterocycles. The Labute approximate surface area is 196 Å². The van der Waals surface area contributed by atoms with Crippen molar-refractivity contribution >= 4 is 16.9 Å². The van der Waals surface area contributed by atoms with E-state index in [1.165, 1.54) is 11.0 Å². The minimum absolute atomic E-state index is 0.154. The Balaban J connectivity index is 1.58. The Bertz CT molecular complexity index is 1450. The number of benzene rings is 2. The first-order valence-corrected chi connectivity index (χ1v) is 10.9. The number of carbonyl (C=O) groups is 1. The number of hydrogen-bond acceptors (Lipinski definition) is 4. The molecule has 0 bridgehead atoms. The van der Waals surface area contributed by atoms with E-state index in [1.807, 2.05) is 42.5 Å². The molecule has 0 fully saturated rings. The normalized spacial score (nSPS) is 11.0. The van der Waals surface area contributed by atoms with Gasteiger partial charge in [-0.05, 0) is 29.8 Å². The highest BCUT2D eigenvalue weighted by Gasteiger charge is 2.21. The molecule has 34 heavy (non-hydrogen) atoms. The molecule has 0 saturated carbocycles. The Morgan fingerprint density at radius 1 is 1.00 bits per heavy atom.